The first-order chi connectivity index (χ1) is 15.1. The summed E-state index contributed by atoms with van der Waals surface area (Å²) >= 11 is 3.11. The second-order valence-electron chi connectivity index (χ2n) is 7.51. The van der Waals surface area contributed by atoms with Gasteiger partial charge in [0.05, 0.1) is 30.7 Å². The van der Waals surface area contributed by atoms with Crippen LogP contribution in [0.25, 0.3) is 0 Å². The smallest absolute Gasteiger partial charge is 0.266 e. The van der Waals surface area contributed by atoms with Gasteiger partial charge in [-0.25, -0.2) is 0 Å². The van der Waals surface area contributed by atoms with Gasteiger partial charge in [0.25, 0.3) is 5.91 Å². The maximum Gasteiger partial charge on any atom is 0.266 e. The Morgan fingerprint density at radius 1 is 1.19 bits per heavy atom. The van der Waals surface area contributed by atoms with E-state index in [1.165, 1.54) is 32.9 Å². The van der Waals surface area contributed by atoms with Gasteiger partial charge in [0, 0.05) is 23.5 Å². The predicted octanol–water partition coefficient (Wildman–Crippen LogP) is 5.50. The lowest BCUT2D eigenvalue weighted by molar-refractivity contribution is 0.0240. The van der Waals surface area contributed by atoms with E-state index < -0.39 is 0 Å². The van der Waals surface area contributed by atoms with Gasteiger partial charge in [0.2, 0.25) is 0 Å². The highest BCUT2D eigenvalue weighted by Crippen LogP contribution is 2.43. The van der Waals surface area contributed by atoms with Crippen LogP contribution >= 0.6 is 22.7 Å². The largest absolute Gasteiger partial charge is 0.494 e. The number of aryl methyl sites for hydroxylation is 1. The summed E-state index contributed by atoms with van der Waals surface area (Å²) < 4.78 is 11.3. The molecule has 1 atom stereocenters. The van der Waals surface area contributed by atoms with Gasteiger partial charge >= 0.3 is 0 Å². The van der Waals surface area contributed by atoms with Crippen LogP contribution in [0.5, 0.6) is 5.75 Å². The quantitative estimate of drug-likeness (QED) is 0.510. The number of benzene rings is 1. The molecule has 2 aromatic heterocycles. The zero-order valence-corrected chi connectivity index (χ0v) is 19.8. The fraction of sp³-hybridized carbons (Fsp3) is 0.375. The number of rotatable bonds is 7. The molecule has 1 saturated heterocycles. The topological polar surface area (TPSA) is 50.8 Å². The van der Waals surface area contributed by atoms with Gasteiger partial charge in [0.1, 0.15) is 10.8 Å². The number of carbonyl (C=O) groups excluding carboxylic acids is 1. The van der Waals surface area contributed by atoms with Crippen molar-refractivity contribution in [2.75, 3.05) is 38.2 Å². The maximum absolute atomic E-state index is 12.9. The van der Waals surface area contributed by atoms with Gasteiger partial charge < -0.3 is 14.8 Å². The maximum atomic E-state index is 12.9. The monoisotopic (exact) mass is 456 g/mol. The van der Waals surface area contributed by atoms with E-state index in [4.69, 9.17) is 9.47 Å². The van der Waals surface area contributed by atoms with Gasteiger partial charge in [-0.2, -0.15) is 0 Å². The summed E-state index contributed by atoms with van der Waals surface area (Å²) in [5, 5.41) is 6.06. The first-order valence-electron chi connectivity index (χ1n) is 10.6. The molecule has 0 saturated carbocycles. The molecule has 1 amide bonds. The standard InChI is InChI=1S/C24H28N2O3S2/c1-4-29-19-9-7-18(8-10-19)22(26-11-13-28-14-12-26)21-16(2)17(3)31-24(21)25-23(27)20-6-5-15-30-20/h5-10,15,22H,4,11-14H2,1-3H3,(H,25,27). The third-order valence-corrected chi connectivity index (χ3v) is 7.60. The van der Waals surface area contributed by atoms with E-state index in [-0.39, 0.29) is 11.9 Å². The fourth-order valence-electron chi connectivity index (χ4n) is 3.95. The van der Waals surface area contributed by atoms with Gasteiger partial charge in [-0.15, -0.1) is 22.7 Å². The average Bonchev–Trinajstić information content (AvgIpc) is 3.41. The Morgan fingerprint density at radius 2 is 1.94 bits per heavy atom. The summed E-state index contributed by atoms with van der Waals surface area (Å²) in [6, 6.07) is 12.2. The van der Waals surface area contributed by atoms with E-state index in [2.05, 4.69) is 36.2 Å². The van der Waals surface area contributed by atoms with Crippen LogP contribution in [0.15, 0.2) is 41.8 Å². The lowest BCUT2D eigenvalue weighted by Crippen LogP contribution is -2.39. The second kappa shape index (κ2) is 9.96. The highest BCUT2D eigenvalue weighted by molar-refractivity contribution is 7.17. The Hall–Kier alpha value is -2.19. The summed E-state index contributed by atoms with van der Waals surface area (Å²) in [7, 11) is 0. The summed E-state index contributed by atoms with van der Waals surface area (Å²) in [6.45, 7) is 10.1. The Balaban J connectivity index is 1.74. The first-order valence-corrected chi connectivity index (χ1v) is 12.3. The number of amides is 1. The van der Waals surface area contributed by atoms with Crippen molar-refractivity contribution in [1.82, 2.24) is 4.90 Å². The Kier molecular flexibility index (Phi) is 7.07. The number of hydrogen-bond donors (Lipinski definition) is 1. The average molecular weight is 457 g/mol. The highest BCUT2D eigenvalue weighted by atomic mass is 32.1. The summed E-state index contributed by atoms with van der Waals surface area (Å²) in [5.41, 5.74) is 3.60. The summed E-state index contributed by atoms with van der Waals surface area (Å²) in [5.74, 6) is 0.821. The SMILES string of the molecule is CCOc1ccc(C(c2c(NC(=O)c3cccs3)sc(C)c2C)N2CCOCC2)cc1. The van der Waals surface area contributed by atoms with Crippen molar-refractivity contribution in [1.29, 1.82) is 0 Å². The molecule has 1 aliphatic rings. The van der Waals surface area contributed by atoms with E-state index in [0.29, 0.717) is 19.8 Å². The fourth-order valence-corrected chi connectivity index (χ4v) is 5.65. The molecule has 1 aromatic carbocycles. The molecule has 3 aromatic rings. The molecular formula is C24H28N2O3S2. The van der Waals surface area contributed by atoms with Gasteiger partial charge in [0.15, 0.2) is 0 Å². The molecule has 1 fully saturated rings. The van der Waals surface area contributed by atoms with Crippen LogP contribution in [-0.4, -0.2) is 43.7 Å². The van der Waals surface area contributed by atoms with Crippen molar-refractivity contribution < 1.29 is 14.3 Å². The lowest BCUT2D eigenvalue weighted by atomic mass is 9.94. The predicted molar refractivity (Wildman–Crippen MR) is 128 cm³/mol. The number of nitrogens with one attached hydrogen (secondary N) is 1. The highest BCUT2D eigenvalue weighted by Gasteiger charge is 2.30. The van der Waals surface area contributed by atoms with Crippen LogP contribution < -0.4 is 10.1 Å². The molecule has 164 valence electrons. The molecule has 0 aliphatic carbocycles. The molecule has 5 nitrogen and oxygen atoms in total. The molecule has 0 bridgehead atoms. The molecular weight excluding hydrogens is 428 g/mol. The zero-order valence-electron chi connectivity index (χ0n) is 18.1. The first kappa shape index (κ1) is 22.0. The van der Waals surface area contributed by atoms with Crippen molar-refractivity contribution in [3.05, 3.63) is 68.2 Å². The molecule has 1 N–H and O–H groups in total. The normalized spacial score (nSPS) is 15.6. The number of ether oxygens (including phenoxy) is 2. The van der Waals surface area contributed by atoms with Crippen LogP contribution in [-0.2, 0) is 4.74 Å². The van der Waals surface area contributed by atoms with Gasteiger partial charge in [-0.05, 0) is 55.5 Å². The number of thiophene rings is 2. The Morgan fingerprint density at radius 3 is 2.58 bits per heavy atom. The minimum Gasteiger partial charge on any atom is -0.494 e. The lowest BCUT2D eigenvalue weighted by Gasteiger charge is -2.35. The molecule has 0 spiro atoms. The zero-order chi connectivity index (χ0) is 21.8. The molecule has 1 aliphatic heterocycles. The second-order valence-corrected chi connectivity index (χ2v) is 9.68. The van der Waals surface area contributed by atoms with E-state index in [1.54, 1.807) is 11.3 Å². The number of nitrogens with zero attached hydrogens (tertiary/aromatic N) is 1. The van der Waals surface area contributed by atoms with Crippen molar-refractivity contribution in [2.45, 2.75) is 26.8 Å². The van der Waals surface area contributed by atoms with Crippen LogP contribution in [0.3, 0.4) is 0 Å². The van der Waals surface area contributed by atoms with Crippen LogP contribution in [0, 0.1) is 13.8 Å². The minimum atomic E-state index is -0.0510. The van der Waals surface area contributed by atoms with E-state index >= 15 is 0 Å². The van der Waals surface area contributed by atoms with Crippen molar-refractivity contribution in [3.8, 4) is 5.75 Å². The molecule has 7 heteroatoms. The van der Waals surface area contributed by atoms with E-state index in [1.807, 2.05) is 36.6 Å². The number of hydrogen-bond acceptors (Lipinski definition) is 6. The van der Waals surface area contributed by atoms with Crippen LogP contribution in [0.4, 0.5) is 5.00 Å². The third-order valence-electron chi connectivity index (χ3n) is 5.60. The van der Waals surface area contributed by atoms with Crippen molar-refractivity contribution in [2.24, 2.45) is 0 Å². The van der Waals surface area contributed by atoms with Gasteiger partial charge in [-0.3, -0.25) is 9.69 Å². The molecule has 4 rings (SSSR count). The van der Waals surface area contributed by atoms with Crippen LogP contribution in [0.2, 0.25) is 0 Å². The Bertz CT molecular complexity index is 1010. The van der Waals surface area contributed by atoms with Crippen molar-refractivity contribution in [3.63, 3.8) is 0 Å². The van der Waals surface area contributed by atoms with E-state index in [9.17, 15) is 4.79 Å². The van der Waals surface area contributed by atoms with E-state index in [0.717, 1.165) is 28.7 Å². The number of morpholine rings is 1. The van der Waals surface area contributed by atoms with Crippen LogP contribution in [0.1, 0.15) is 44.2 Å². The van der Waals surface area contributed by atoms with Crippen molar-refractivity contribution >= 4 is 33.6 Å². The molecule has 1 unspecified atom stereocenters. The minimum absolute atomic E-state index is 0.0446. The summed E-state index contributed by atoms with van der Waals surface area (Å²) in [6.07, 6.45) is 0. The summed E-state index contributed by atoms with van der Waals surface area (Å²) in [4.78, 5) is 17.3. The molecule has 0 radical (unpaired) electrons. The molecule has 3 heterocycles. The van der Waals surface area contributed by atoms with Gasteiger partial charge in [-0.1, -0.05) is 18.2 Å². The molecule has 31 heavy (non-hydrogen) atoms. The number of anilines is 1. The number of carbonyl (C=O) groups is 1. The third kappa shape index (κ3) is 4.85. The Labute approximate surface area is 191 Å².